The molecule has 1 aliphatic heterocycles. The highest BCUT2D eigenvalue weighted by Gasteiger charge is 2.25. The molecule has 1 saturated heterocycles. The van der Waals surface area contributed by atoms with E-state index in [0.29, 0.717) is 17.9 Å². The summed E-state index contributed by atoms with van der Waals surface area (Å²) in [6.45, 7) is 4.28. The zero-order valence-electron chi connectivity index (χ0n) is 11.3. The zero-order valence-corrected chi connectivity index (χ0v) is 11.3. The second kappa shape index (κ2) is 6.52. The maximum atomic E-state index is 12.3. The number of nitrogen functional groups attached to an aromatic ring is 1. The highest BCUT2D eigenvalue weighted by molar-refractivity contribution is 5.92. The van der Waals surface area contributed by atoms with Gasteiger partial charge >= 0.3 is 0 Å². The molecule has 0 aliphatic carbocycles. The van der Waals surface area contributed by atoms with Crippen LogP contribution < -0.4 is 5.73 Å². The maximum absolute atomic E-state index is 12.3. The number of carbonyl (C=O) groups excluding carboxylic acids is 1. The minimum atomic E-state index is -0.0372. The summed E-state index contributed by atoms with van der Waals surface area (Å²) in [5, 5.41) is 0. The minimum Gasteiger partial charge on any atom is -0.397 e. The van der Waals surface area contributed by atoms with E-state index in [1.165, 1.54) is 6.20 Å². The van der Waals surface area contributed by atoms with Gasteiger partial charge in [-0.25, -0.2) is 4.98 Å². The molecule has 2 rings (SSSR count). The van der Waals surface area contributed by atoms with Crippen molar-refractivity contribution in [2.45, 2.75) is 32.3 Å². The van der Waals surface area contributed by atoms with Crippen molar-refractivity contribution in [2.24, 2.45) is 0 Å². The Hall–Kier alpha value is -1.62. The monoisotopic (exact) mass is 263 g/mol. The lowest BCUT2D eigenvalue weighted by Crippen LogP contribution is -2.43. The van der Waals surface area contributed by atoms with Crippen LogP contribution in [0.3, 0.4) is 0 Å². The van der Waals surface area contributed by atoms with Crippen molar-refractivity contribution in [3.63, 3.8) is 0 Å². The van der Waals surface area contributed by atoms with Crippen molar-refractivity contribution in [2.75, 3.05) is 25.4 Å². The van der Waals surface area contributed by atoms with E-state index in [2.05, 4.69) is 11.9 Å². The van der Waals surface area contributed by atoms with Crippen LogP contribution in [0.4, 0.5) is 5.69 Å². The molecule has 104 valence electrons. The van der Waals surface area contributed by atoms with Gasteiger partial charge in [0.1, 0.15) is 5.69 Å². The number of piperidine rings is 1. The minimum absolute atomic E-state index is 0.0372. The molecule has 5 nitrogen and oxygen atoms in total. The van der Waals surface area contributed by atoms with E-state index >= 15 is 0 Å². The molecule has 1 unspecified atom stereocenters. The lowest BCUT2D eigenvalue weighted by atomic mass is 10.1. The van der Waals surface area contributed by atoms with E-state index in [1.807, 2.05) is 4.90 Å². The summed E-state index contributed by atoms with van der Waals surface area (Å²) in [4.78, 5) is 18.2. The second-order valence-corrected chi connectivity index (χ2v) is 4.86. The van der Waals surface area contributed by atoms with Gasteiger partial charge in [-0.3, -0.25) is 4.79 Å². The van der Waals surface area contributed by atoms with Gasteiger partial charge < -0.3 is 15.4 Å². The summed E-state index contributed by atoms with van der Waals surface area (Å²) in [6.07, 6.45) is 4.69. The van der Waals surface area contributed by atoms with Crippen LogP contribution in [0.2, 0.25) is 0 Å². The summed E-state index contributed by atoms with van der Waals surface area (Å²) < 4.78 is 5.73. The Morgan fingerprint density at radius 3 is 3.11 bits per heavy atom. The van der Waals surface area contributed by atoms with E-state index in [4.69, 9.17) is 10.5 Å². The topological polar surface area (TPSA) is 68.5 Å². The van der Waals surface area contributed by atoms with Crippen molar-refractivity contribution < 1.29 is 9.53 Å². The molecule has 1 aliphatic rings. The largest absolute Gasteiger partial charge is 0.397 e. The van der Waals surface area contributed by atoms with Crippen LogP contribution in [-0.4, -0.2) is 41.6 Å². The fourth-order valence-corrected chi connectivity index (χ4v) is 2.24. The number of rotatable bonds is 4. The Balaban J connectivity index is 1.96. The van der Waals surface area contributed by atoms with Gasteiger partial charge in [0.25, 0.3) is 5.91 Å². The summed E-state index contributed by atoms with van der Waals surface area (Å²) in [5.41, 5.74) is 6.59. The molecule has 1 fully saturated rings. The SMILES string of the molecule is CCCOC1CCCN(C(=O)c2ccc(N)cn2)C1. The molecule has 0 aromatic carbocycles. The van der Waals surface area contributed by atoms with E-state index < -0.39 is 0 Å². The molecule has 1 amide bonds. The Morgan fingerprint density at radius 2 is 2.42 bits per heavy atom. The number of carbonyl (C=O) groups is 1. The van der Waals surface area contributed by atoms with Crippen molar-refractivity contribution in [1.29, 1.82) is 0 Å². The van der Waals surface area contributed by atoms with E-state index in [0.717, 1.165) is 32.4 Å². The van der Waals surface area contributed by atoms with Gasteiger partial charge in [0, 0.05) is 19.7 Å². The standard InChI is InChI=1S/C14H21N3O2/c1-2-8-19-12-4-3-7-17(10-12)14(18)13-6-5-11(15)9-16-13/h5-6,9,12H,2-4,7-8,10,15H2,1H3. The van der Waals surface area contributed by atoms with Crippen LogP contribution in [-0.2, 0) is 4.74 Å². The number of nitrogens with two attached hydrogens (primary N) is 1. The number of hydrogen-bond acceptors (Lipinski definition) is 4. The molecule has 1 aromatic heterocycles. The third-order valence-corrected chi connectivity index (χ3v) is 3.23. The summed E-state index contributed by atoms with van der Waals surface area (Å²) in [5.74, 6) is -0.0372. The second-order valence-electron chi connectivity index (χ2n) is 4.86. The van der Waals surface area contributed by atoms with Crippen LogP contribution in [0.5, 0.6) is 0 Å². The lowest BCUT2D eigenvalue weighted by molar-refractivity contribution is 0.00192. The number of amides is 1. The summed E-state index contributed by atoms with van der Waals surface area (Å²) >= 11 is 0. The number of hydrogen-bond donors (Lipinski definition) is 1. The molecule has 5 heteroatoms. The number of likely N-dealkylation sites (tertiary alicyclic amines) is 1. The molecular weight excluding hydrogens is 242 g/mol. The molecule has 0 bridgehead atoms. The third kappa shape index (κ3) is 3.67. The molecule has 19 heavy (non-hydrogen) atoms. The van der Waals surface area contributed by atoms with Crippen molar-refractivity contribution in [3.05, 3.63) is 24.0 Å². The molecular formula is C14H21N3O2. The van der Waals surface area contributed by atoms with Gasteiger partial charge in [0.2, 0.25) is 0 Å². The van der Waals surface area contributed by atoms with Gasteiger partial charge in [-0.05, 0) is 31.4 Å². The van der Waals surface area contributed by atoms with Crippen LogP contribution in [0.1, 0.15) is 36.7 Å². The molecule has 2 heterocycles. The maximum Gasteiger partial charge on any atom is 0.272 e. The zero-order chi connectivity index (χ0) is 13.7. The molecule has 0 radical (unpaired) electrons. The first-order chi connectivity index (χ1) is 9.20. The van der Waals surface area contributed by atoms with E-state index in [9.17, 15) is 4.79 Å². The predicted molar refractivity (Wildman–Crippen MR) is 73.8 cm³/mol. The van der Waals surface area contributed by atoms with E-state index in [1.54, 1.807) is 12.1 Å². The van der Waals surface area contributed by atoms with Crippen LogP contribution in [0.15, 0.2) is 18.3 Å². The van der Waals surface area contributed by atoms with Crippen LogP contribution in [0.25, 0.3) is 0 Å². The first-order valence-corrected chi connectivity index (χ1v) is 6.83. The fraction of sp³-hybridized carbons (Fsp3) is 0.571. The van der Waals surface area contributed by atoms with Gasteiger partial charge in [-0.1, -0.05) is 6.92 Å². The summed E-state index contributed by atoms with van der Waals surface area (Å²) in [7, 11) is 0. The Morgan fingerprint density at radius 1 is 1.58 bits per heavy atom. The van der Waals surface area contributed by atoms with E-state index in [-0.39, 0.29) is 12.0 Å². The average Bonchev–Trinajstić information content (AvgIpc) is 2.45. The van der Waals surface area contributed by atoms with Gasteiger partial charge in [0.05, 0.1) is 18.0 Å². The molecule has 0 spiro atoms. The molecule has 1 atom stereocenters. The number of ether oxygens (including phenoxy) is 1. The molecule has 2 N–H and O–H groups in total. The van der Waals surface area contributed by atoms with Crippen LogP contribution >= 0.6 is 0 Å². The first kappa shape index (κ1) is 13.8. The lowest BCUT2D eigenvalue weighted by Gasteiger charge is -2.32. The van der Waals surface area contributed by atoms with Crippen molar-refractivity contribution in [1.82, 2.24) is 9.88 Å². The number of aromatic nitrogens is 1. The predicted octanol–water partition coefficient (Wildman–Crippen LogP) is 1.70. The quantitative estimate of drug-likeness (QED) is 0.897. The van der Waals surface area contributed by atoms with Crippen molar-refractivity contribution >= 4 is 11.6 Å². The smallest absolute Gasteiger partial charge is 0.272 e. The first-order valence-electron chi connectivity index (χ1n) is 6.83. The number of nitrogens with zero attached hydrogens (tertiary/aromatic N) is 2. The van der Waals surface area contributed by atoms with Gasteiger partial charge in [0.15, 0.2) is 0 Å². The van der Waals surface area contributed by atoms with Crippen molar-refractivity contribution in [3.8, 4) is 0 Å². The highest BCUT2D eigenvalue weighted by atomic mass is 16.5. The number of anilines is 1. The fourth-order valence-electron chi connectivity index (χ4n) is 2.24. The Labute approximate surface area is 113 Å². The van der Waals surface area contributed by atoms with Gasteiger partial charge in [-0.2, -0.15) is 0 Å². The van der Waals surface area contributed by atoms with Gasteiger partial charge in [-0.15, -0.1) is 0 Å². The Kier molecular flexibility index (Phi) is 4.74. The normalized spacial score (nSPS) is 19.4. The molecule has 0 saturated carbocycles. The third-order valence-electron chi connectivity index (χ3n) is 3.23. The molecule has 1 aromatic rings. The Bertz CT molecular complexity index is 419. The van der Waals surface area contributed by atoms with Crippen LogP contribution in [0, 0.1) is 0 Å². The summed E-state index contributed by atoms with van der Waals surface area (Å²) in [6, 6.07) is 3.38. The average molecular weight is 263 g/mol. The highest BCUT2D eigenvalue weighted by Crippen LogP contribution is 2.16. The number of pyridine rings is 1.